The first-order chi connectivity index (χ1) is 13.2. The third-order valence-corrected chi connectivity index (χ3v) is 7.25. The maximum Gasteiger partial charge on any atom is 0.329 e. The lowest BCUT2D eigenvalue weighted by molar-refractivity contribution is -0.145. The maximum absolute atomic E-state index is 13.5. The monoisotopic (exact) mass is 383 g/mol. The summed E-state index contributed by atoms with van der Waals surface area (Å²) in [6.07, 6.45) is 5.96. The zero-order chi connectivity index (χ0) is 18.8. The Morgan fingerprint density at radius 1 is 1.04 bits per heavy atom. The van der Waals surface area contributed by atoms with Crippen molar-refractivity contribution < 1.29 is 14.3 Å². The standard InChI is InChI=1S/C22H25NO3S/c1-26-22(25)19-14-27-21(16-8-3-2-4-9-16)23(19)20(24)18-12-11-15-7-5-6-10-17(15)13-18/h5-7,10-13,16,19,21H,2-4,8-9,14H2,1H3. The summed E-state index contributed by atoms with van der Waals surface area (Å²) in [7, 11) is 1.40. The first kappa shape index (κ1) is 18.4. The van der Waals surface area contributed by atoms with E-state index in [0.717, 1.165) is 23.6 Å². The van der Waals surface area contributed by atoms with E-state index in [-0.39, 0.29) is 17.3 Å². The fourth-order valence-electron chi connectivity index (χ4n) is 4.36. The molecular weight excluding hydrogens is 358 g/mol. The van der Waals surface area contributed by atoms with E-state index in [1.165, 1.54) is 26.4 Å². The number of fused-ring (bicyclic) bond motifs is 1. The number of carbonyl (C=O) groups excluding carboxylic acids is 2. The van der Waals surface area contributed by atoms with E-state index < -0.39 is 6.04 Å². The van der Waals surface area contributed by atoms with Gasteiger partial charge in [0.05, 0.1) is 12.5 Å². The van der Waals surface area contributed by atoms with Gasteiger partial charge >= 0.3 is 5.97 Å². The highest BCUT2D eigenvalue weighted by Gasteiger charge is 2.45. The van der Waals surface area contributed by atoms with Gasteiger partial charge in [-0.2, -0.15) is 0 Å². The van der Waals surface area contributed by atoms with E-state index in [9.17, 15) is 9.59 Å². The van der Waals surface area contributed by atoms with Crippen molar-refractivity contribution in [3.63, 3.8) is 0 Å². The van der Waals surface area contributed by atoms with Crippen LogP contribution in [0.4, 0.5) is 0 Å². The SMILES string of the molecule is COC(=O)C1CSC(C2CCCCC2)N1C(=O)c1ccc2ccccc2c1. The Morgan fingerprint density at radius 2 is 1.78 bits per heavy atom. The molecular formula is C22H25NO3S. The molecule has 2 aromatic carbocycles. The van der Waals surface area contributed by atoms with Gasteiger partial charge in [0.15, 0.2) is 0 Å². The van der Waals surface area contributed by atoms with Crippen LogP contribution >= 0.6 is 11.8 Å². The second kappa shape index (κ2) is 7.93. The molecule has 0 bridgehead atoms. The minimum atomic E-state index is -0.495. The van der Waals surface area contributed by atoms with Crippen LogP contribution in [0.2, 0.25) is 0 Å². The number of thioether (sulfide) groups is 1. The summed E-state index contributed by atoms with van der Waals surface area (Å²) in [6, 6.07) is 13.3. The molecule has 0 spiro atoms. The molecule has 0 aromatic heterocycles. The number of ether oxygens (including phenoxy) is 1. The van der Waals surface area contributed by atoms with Crippen molar-refractivity contribution in [1.82, 2.24) is 4.90 Å². The van der Waals surface area contributed by atoms with E-state index in [1.54, 1.807) is 11.8 Å². The number of carbonyl (C=O) groups is 2. The zero-order valence-electron chi connectivity index (χ0n) is 15.6. The van der Waals surface area contributed by atoms with Gasteiger partial charge in [0.2, 0.25) is 0 Å². The molecule has 1 heterocycles. The van der Waals surface area contributed by atoms with Crippen molar-refractivity contribution in [3.8, 4) is 0 Å². The minimum Gasteiger partial charge on any atom is -0.467 e. The molecule has 2 aromatic rings. The molecule has 4 nitrogen and oxygen atoms in total. The molecule has 1 saturated carbocycles. The van der Waals surface area contributed by atoms with Gasteiger partial charge in [-0.15, -0.1) is 11.8 Å². The summed E-state index contributed by atoms with van der Waals surface area (Å²) >= 11 is 1.74. The lowest BCUT2D eigenvalue weighted by Gasteiger charge is -2.35. The van der Waals surface area contributed by atoms with Gasteiger partial charge in [-0.25, -0.2) is 4.79 Å². The fourth-order valence-corrected chi connectivity index (χ4v) is 5.98. The minimum absolute atomic E-state index is 0.0586. The number of hydrogen-bond donors (Lipinski definition) is 0. The van der Waals surface area contributed by atoms with Gasteiger partial charge in [-0.3, -0.25) is 4.79 Å². The smallest absolute Gasteiger partial charge is 0.329 e. The molecule has 27 heavy (non-hydrogen) atoms. The van der Waals surface area contributed by atoms with Crippen molar-refractivity contribution >= 4 is 34.4 Å². The topological polar surface area (TPSA) is 46.6 Å². The number of nitrogens with zero attached hydrogens (tertiary/aromatic N) is 1. The van der Waals surface area contributed by atoms with Gasteiger partial charge in [0, 0.05) is 11.3 Å². The highest BCUT2D eigenvalue weighted by Crippen LogP contribution is 2.41. The first-order valence-electron chi connectivity index (χ1n) is 9.70. The number of amides is 1. The van der Waals surface area contributed by atoms with E-state index in [2.05, 4.69) is 0 Å². The van der Waals surface area contributed by atoms with Crippen molar-refractivity contribution in [2.24, 2.45) is 5.92 Å². The van der Waals surface area contributed by atoms with Crippen molar-refractivity contribution in [2.75, 3.05) is 12.9 Å². The van der Waals surface area contributed by atoms with Gasteiger partial charge in [-0.05, 0) is 41.7 Å². The van der Waals surface area contributed by atoms with E-state index in [0.29, 0.717) is 17.2 Å². The first-order valence-corrected chi connectivity index (χ1v) is 10.7. The third kappa shape index (κ3) is 3.57. The third-order valence-electron chi connectivity index (χ3n) is 5.79. The predicted molar refractivity (Wildman–Crippen MR) is 109 cm³/mol. The summed E-state index contributed by atoms with van der Waals surface area (Å²) in [4.78, 5) is 27.7. The van der Waals surface area contributed by atoms with Crippen molar-refractivity contribution in [2.45, 2.75) is 43.5 Å². The Bertz CT molecular complexity index is 846. The highest BCUT2D eigenvalue weighted by molar-refractivity contribution is 8.00. The van der Waals surface area contributed by atoms with Crippen molar-refractivity contribution in [3.05, 3.63) is 48.0 Å². The normalized spacial score (nSPS) is 23.5. The Balaban J connectivity index is 1.67. The highest BCUT2D eigenvalue weighted by atomic mass is 32.2. The molecule has 1 saturated heterocycles. The van der Waals surface area contributed by atoms with Gasteiger partial charge in [0.25, 0.3) is 5.91 Å². The van der Waals surface area contributed by atoms with Crippen LogP contribution < -0.4 is 0 Å². The van der Waals surface area contributed by atoms with Crippen LogP contribution in [0, 0.1) is 5.92 Å². The molecule has 0 radical (unpaired) electrons. The van der Waals surface area contributed by atoms with E-state index >= 15 is 0 Å². The number of benzene rings is 2. The Kier molecular flexibility index (Phi) is 5.39. The van der Waals surface area contributed by atoms with Gasteiger partial charge in [-0.1, -0.05) is 49.6 Å². The van der Waals surface area contributed by atoms with Crippen LogP contribution in [0.3, 0.4) is 0 Å². The van der Waals surface area contributed by atoms with Crippen LogP contribution in [0.25, 0.3) is 10.8 Å². The summed E-state index contributed by atoms with van der Waals surface area (Å²) in [6.45, 7) is 0. The Morgan fingerprint density at radius 3 is 2.52 bits per heavy atom. The predicted octanol–water partition coefficient (Wildman–Crippen LogP) is 4.48. The summed E-state index contributed by atoms with van der Waals surface area (Å²) in [5, 5.41) is 2.21. The maximum atomic E-state index is 13.5. The molecule has 5 heteroatoms. The van der Waals surface area contributed by atoms with Crippen LogP contribution in [-0.4, -0.2) is 41.1 Å². The summed E-state index contributed by atoms with van der Waals surface area (Å²) in [5.74, 6) is 0.710. The molecule has 0 N–H and O–H groups in total. The van der Waals surface area contributed by atoms with Crippen LogP contribution in [0.15, 0.2) is 42.5 Å². The summed E-state index contributed by atoms with van der Waals surface area (Å²) in [5.41, 5.74) is 0.644. The van der Waals surface area contributed by atoms with Gasteiger partial charge in [0.1, 0.15) is 6.04 Å². The zero-order valence-corrected chi connectivity index (χ0v) is 16.4. The molecule has 2 atom stereocenters. The number of methoxy groups -OCH3 is 1. The van der Waals surface area contributed by atoms with E-state index in [1.807, 2.05) is 47.4 Å². The molecule has 2 aliphatic rings. The fraction of sp³-hybridized carbons (Fsp3) is 0.455. The summed E-state index contributed by atoms with van der Waals surface area (Å²) < 4.78 is 5.01. The second-order valence-electron chi connectivity index (χ2n) is 7.44. The van der Waals surface area contributed by atoms with Crippen molar-refractivity contribution in [1.29, 1.82) is 0 Å². The van der Waals surface area contributed by atoms with E-state index in [4.69, 9.17) is 4.74 Å². The Hall–Kier alpha value is -2.01. The van der Waals surface area contributed by atoms with Crippen LogP contribution in [-0.2, 0) is 9.53 Å². The second-order valence-corrected chi connectivity index (χ2v) is 8.58. The molecule has 1 aliphatic carbocycles. The molecule has 2 unspecified atom stereocenters. The quantitative estimate of drug-likeness (QED) is 0.734. The largest absolute Gasteiger partial charge is 0.467 e. The van der Waals surface area contributed by atoms with Crippen LogP contribution in [0.5, 0.6) is 0 Å². The number of rotatable bonds is 3. The number of esters is 1. The molecule has 1 amide bonds. The lowest BCUT2D eigenvalue weighted by Crippen LogP contribution is -2.48. The average molecular weight is 384 g/mol. The average Bonchev–Trinajstić information content (AvgIpc) is 3.18. The molecule has 142 valence electrons. The van der Waals surface area contributed by atoms with Gasteiger partial charge < -0.3 is 9.64 Å². The molecule has 2 fully saturated rings. The molecule has 1 aliphatic heterocycles. The number of hydrogen-bond acceptors (Lipinski definition) is 4. The molecule has 4 rings (SSSR count). The van der Waals surface area contributed by atoms with Crippen LogP contribution in [0.1, 0.15) is 42.5 Å². The Labute approximate surface area is 164 Å². The lowest BCUT2D eigenvalue weighted by atomic mass is 9.88.